The second-order valence-corrected chi connectivity index (χ2v) is 13.9. The summed E-state index contributed by atoms with van der Waals surface area (Å²) in [5.41, 5.74) is 3.73. The van der Waals surface area contributed by atoms with Crippen molar-refractivity contribution < 1.29 is 23.3 Å². The van der Waals surface area contributed by atoms with E-state index in [0.717, 1.165) is 68.1 Å². The number of aromatic amines is 1. The fourth-order valence-electron chi connectivity index (χ4n) is 8.08. The highest BCUT2D eigenvalue weighted by atomic mass is 35.5. The van der Waals surface area contributed by atoms with Crippen LogP contribution in [0.4, 0.5) is 10.2 Å². The van der Waals surface area contributed by atoms with Crippen molar-refractivity contribution in [3.8, 4) is 23.1 Å². The normalized spacial score (nSPS) is 25.2. The molecule has 0 bridgehead atoms. The predicted octanol–water partition coefficient (Wildman–Crippen LogP) is 5.42. The molecule has 246 valence electrons. The third kappa shape index (κ3) is 4.94. The van der Waals surface area contributed by atoms with Crippen molar-refractivity contribution in [3.05, 3.63) is 40.3 Å². The lowest BCUT2D eigenvalue weighted by Gasteiger charge is -2.31. The molecule has 2 atom stereocenters. The van der Waals surface area contributed by atoms with Crippen molar-refractivity contribution in [2.75, 3.05) is 64.7 Å². The number of rotatable bonds is 7. The van der Waals surface area contributed by atoms with E-state index >= 15 is 4.39 Å². The monoisotopic (exact) mass is 661 g/mol. The number of methoxy groups -OCH3 is 1. The molecule has 4 aliphatic heterocycles. The molecule has 0 unspecified atom stereocenters. The summed E-state index contributed by atoms with van der Waals surface area (Å²) >= 11 is 6.86. The van der Waals surface area contributed by atoms with E-state index in [4.69, 9.17) is 45.5 Å². The van der Waals surface area contributed by atoms with Crippen molar-refractivity contribution in [1.82, 2.24) is 30.0 Å². The van der Waals surface area contributed by atoms with E-state index in [1.807, 2.05) is 6.07 Å². The first kappa shape index (κ1) is 29.6. The summed E-state index contributed by atoms with van der Waals surface area (Å²) in [6, 6.07) is 1.90. The summed E-state index contributed by atoms with van der Waals surface area (Å²) in [7, 11) is 1.71. The molecule has 3 aromatic heterocycles. The van der Waals surface area contributed by atoms with Gasteiger partial charge in [0.05, 0.1) is 36.5 Å². The van der Waals surface area contributed by atoms with Gasteiger partial charge in [-0.2, -0.15) is 15.1 Å². The zero-order chi connectivity index (χ0) is 31.7. The van der Waals surface area contributed by atoms with Gasteiger partial charge in [-0.1, -0.05) is 23.3 Å². The SMILES string of the molecule is COC/C=C1\CN2CCC[C@@]2(COc2nc3c4c(nc(-c5c(C6CC6)c(Cl)cc6[nH]ncc56)c(F)c4n2)OC[C@@H]2COCCCN32)C1. The highest BCUT2D eigenvalue weighted by Gasteiger charge is 2.47. The van der Waals surface area contributed by atoms with Crippen LogP contribution in [-0.4, -0.2) is 101 Å². The lowest BCUT2D eigenvalue weighted by atomic mass is 9.93. The second-order valence-electron chi connectivity index (χ2n) is 13.5. The average Bonchev–Trinajstić information content (AvgIpc) is 3.66. The van der Waals surface area contributed by atoms with Gasteiger partial charge in [0.15, 0.2) is 5.82 Å². The summed E-state index contributed by atoms with van der Waals surface area (Å²) < 4.78 is 41.4. The summed E-state index contributed by atoms with van der Waals surface area (Å²) in [5.74, 6) is 0.546. The molecule has 13 heteroatoms. The van der Waals surface area contributed by atoms with Gasteiger partial charge in [-0.25, -0.2) is 9.37 Å². The summed E-state index contributed by atoms with van der Waals surface area (Å²) in [4.78, 5) is 19.3. The fraction of sp³-hybridized carbons (Fsp3) is 0.529. The Bertz CT molecular complexity index is 1910. The highest BCUT2D eigenvalue weighted by Crippen LogP contribution is 2.51. The number of benzene rings is 1. The smallest absolute Gasteiger partial charge is 0.319 e. The van der Waals surface area contributed by atoms with Crippen molar-refractivity contribution >= 4 is 39.2 Å². The largest absolute Gasteiger partial charge is 0.475 e. The number of fused-ring (bicyclic) bond motifs is 4. The number of halogens is 2. The Kier molecular flexibility index (Phi) is 7.25. The Morgan fingerprint density at radius 2 is 2.11 bits per heavy atom. The van der Waals surface area contributed by atoms with E-state index in [0.29, 0.717) is 67.2 Å². The zero-order valence-corrected chi connectivity index (χ0v) is 27.1. The topological polar surface area (TPSA) is 111 Å². The minimum atomic E-state index is -0.552. The highest BCUT2D eigenvalue weighted by molar-refractivity contribution is 6.33. The van der Waals surface area contributed by atoms with Crippen LogP contribution in [0.5, 0.6) is 11.9 Å². The molecule has 7 heterocycles. The molecule has 9 rings (SSSR count). The Morgan fingerprint density at radius 3 is 2.98 bits per heavy atom. The van der Waals surface area contributed by atoms with Crippen molar-refractivity contribution in [1.29, 1.82) is 0 Å². The molecule has 0 amide bonds. The van der Waals surface area contributed by atoms with Crippen LogP contribution in [0, 0.1) is 5.82 Å². The van der Waals surface area contributed by atoms with Gasteiger partial charge in [0, 0.05) is 42.8 Å². The molecular weight excluding hydrogens is 625 g/mol. The Hall–Kier alpha value is -3.58. The molecule has 0 spiro atoms. The minimum absolute atomic E-state index is 0.120. The molecule has 4 aromatic rings. The number of H-pyrrole nitrogens is 1. The number of nitrogens with zero attached hydrogens (tertiary/aromatic N) is 6. The molecule has 5 aliphatic rings. The molecule has 47 heavy (non-hydrogen) atoms. The van der Waals surface area contributed by atoms with Crippen LogP contribution in [0.15, 0.2) is 23.9 Å². The summed E-state index contributed by atoms with van der Waals surface area (Å²) in [6.45, 7) is 5.04. The van der Waals surface area contributed by atoms with Crippen molar-refractivity contribution in [3.63, 3.8) is 0 Å². The average molecular weight is 662 g/mol. The zero-order valence-electron chi connectivity index (χ0n) is 26.4. The molecule has 1 N–H and O–H groups in total. The number of ether oxygens (including phenoxy) is 4. The number of hydrogen-bond donors (Lipinski definition) is 1. The first-order chi connectivity index (χ1) is 23.0. The van der Waals surface area contributed by atoms with E-state index in [9.17, 15) is 0 Å². The first-order valence-electron chi connectivity index (χ1n) is 16.6. The maximum absolute atomic E-state index is 17.2. The van der Waals surface area contributed by atoms with Gasteiger partial charge in [-0.05, 0) is 62.6 Å². The van der Waals surface area contributed by atoms with Crippen LogP contribution >= 0.6 is 11.6 Å². The van der Waals surface area contributed by atoms with E-state index < -0.39 is 5.82 Å². The Morgan fingerprint density at radius 1 is 1.19 bits per heavy atom. The molecule has 4 fully saturated rings. The summed E-state index contributed by atoms with van der Waals surface area (Å²) in [6.07, 6.45) is 9.69. The standard InChI is InChI=1S/C34H37ClFN7O4/c1-44-11-6-19-13-34(7-2-8-42(34)15-19)18-47-33-39-30-27-31(40-33)43-9-3-10-45-16-21(43)17-46-32(27)38-29(28(30)36)26-22-14-37-41-24(22)12-23(35)25(26)20-4-5-20/h6,12,14,20-21H,2-5,7-11,13,15-18H2,1H3,(H,37,41)/b19-6-/t21-,34-/m0/s1. The maximum atomic E-state index is 17.2. The van der Waals surface area contributed by atoms with E-state index in [1.54, 1.807) is 13.3 Å². The summed E-state index contributed by atoms with van der Waals surface area (Å²) in [5, 5.41) is 9.04. The third-order valence-corrected chi connectivity index (χ3v) is 10.8. The number of anilines is 1. The van der Waals surface area contributed by atoms with Crippen molar-refractivity contribution in [2.24, 2.45) is 0 Å². The quantitative estimate of drug-likeness (QED) is 0.258. The molecule has 11 nitrogen and oxygen atoms in total. The van der Waals surface area contributed by atoms with Gasteiger partial charge in [0.2, 0.25) is 5.88 Å². The molecule has 1 aliphatic carbocycles. The fourth-order valence-corrected chi connectivity index (χ4v) is 8.44. The van der Waals surface area contributed by atoms with Gasteiger partial charge in [-0.15, -0.1) is 0 Å². The Labute approximate surface area is 276 Å². The Balaban J connectivity index is 1.20. The van der Waals surface area contributed by atoms with Gasteiger partial charge >= 0.3 is 6.01 Å². The second kappa shape index (κ2) is 11.5. The third-order valence-electron chi connectivity index (χ3n) is 10.5. The van der Waals surface area contributed by atoms with Crippen LogP contribution in [0.3, 0.4) is 0 Å². The van der Waals surface area contributed by atoms with E-state index in [2.05, 4.69) is 26.1 Å². The van der Waals surface area contributed by atoms with Gasteiger partial charge in [0.1, 0.15) is 35.6 Å². The number of pyridine rings is 1. The molecule has 3 saturated heterocycles. The van der Waals surface area contributed by atoms with Gasteiger partial charge in [-0.3, -0.25) is 10.00 Å². The predicted molar refractivity (Wildman–Crippen MR) is 175 cm³/mol. The van der Waals surface area contributed by atoms with E-state index in [-0.39, 0.29) is 34.7 Å². The van der Waals surface area contributed by atoms with E-state index in [1.165, 1.54) is 5.57 Å². The van der Waals surface area contributed by atoms with Crippen LogP contribution in [0.2, 0.25) is 5.02 Å². The number of hydrogen-bond acceptors (Lipinski definition) is 10. The lowest BCUT2D eigenvalue weighted by Crippen LogP contribution is -2.43. The van der Waals surface area contributed by atoms with Gasteiger partial charge < -0.3 is 23.8 Å². The van der Waals surface area contributed by atoms with Gasteiger partial charge in [0.25, 0.3) is 0 Å². The van der Waals surface area contributed by atoms with Crippen LogP contribution < -0.4 is 14.4 Å². The minimum Gasteiger partial charge on any atom is -0.475 e. The molecule has 1 saturated carbocycles. The maximum Gasteiger partial charge on any atom is 0.319 e. The van der Waals surface area contributed by atoms with Crippen LogP contribution in [-0.2, 0) is 9.47 Å². The molecule has 1 aromatic carbocycles. The van der Waals surface area contributed by atoms with Crippen LogP contribution in [0.1, 0.15) is 50.0 Å². The van der Waals surface area contributed by atoms with Crippen LogP contribution in [0.25, 0.3) is 33.1 Å². The first-order valence-corrected chi connectivity index (χ1v) is 17.0. The molecular formula is C34H37ClFN7O4. The number of nitrogens with one attached hydrogen (secondary N) is 1. The lowest BCUT2D eigenvalue weighted by molar-refractivity contribution is 0.108. The number of aromatic nitrogens is 5. The molecule has 0 radical (unpaired) electrons. The van der Waals surface area contributed by atoms with Crippen molar-refractivity contribution in [2.45, 2.75) is 56.0 Å².